The van der Waals surface area contributed by atoms with E-state index in [-0.39, 0.29) is 5.91 Å². The highest BCUT2D eigenvalue weighted by Gasteiger charge is 2.27. The zero-order chi connectivity index (χ0) is 10.6. The van der Waals surface area contributed by atoms with Crippen molar-refractivity contribution in [1.29, 1.82) is 5.26 Å². The van der Waals surface area contributed by atoms with Crippen LogP contribution < -0.4 is 5.32 Å². The molecule has 0 saturated carbocycles. The molecule has 0 spiro atoms. The summed E-state index contributed by atoms with van der Waals surface area (Å²) in [6.45, 7) is 3.14. The van der Waals surface area contributed by atoms with Crippen molar-refractivity contribution in [2.75, 3.05) is 5.32 Å². The largest absolute Gasteiger partial charge is 0.323 e. The first kappa shape index (κ1) is 10.2. The molecule has 0 fully saturated rings. The van der Waals surface area contributed by atoms with Crippen molar-refractivity contribution in [3.63, 3.8) is 0 Å². The van der Waals surface area contributed by atoms with E-state index in [0.29, 0.717) is 5.69 Å². The summed E-state index contributed by atoms with van der Waals surface area (Å²) in [5.41, 5.74) is -0.420. The zero-order valence-corrected chi connectivity index (χ0v) is 8.11. The molecule has 0 bridgehead atoms. The van der Waals surface area contributed by atoms with E-state index in [4.69, 9.17) is 5.26 Å². The van der Waals surface area contributed by atoms with Gasteiger partial charge in [0.2, 0.25) is 5.91 Å². The number of carbonyl (C=O) groups excluding carboxylic acids is 1. The minimum absolute atomic E-state index is 0.326. The Hall–Kier alpha value is -1.89. The first-order valence-corrected chi connectivity index (χ1v) is 4.19. The molecule has 1 aromatic heterocycles. The number of aromatic nitrogens is 1. The van der Waals surface area contributed by atoms with Crippen LogP contribution in [0.1, 0.15) is 13.8 Å². The van der Waals surface area contributed by atoms with Crippen LogP contribution >= 0.6 is 0 Å². The zero-order valence-electron chi connectivity index (χ0n) is 8.11. The monoisotopic (exact) mass is 189 g/mol. The molecule has 0 atom stereocenters. The molecular formula is C10H11N3O. The Bertz CT molecular complexity index is 365. The number of pyridine rings is 1. The van der Waals surface area contributed by atoms with Gasteiger partial charge in [-0.2, -0.15) is 5.26 Å². The first-order chi connectivity index (χ1) is 6.56. The van der Waals surface area contributed by atoms with Crippen LogP contribution in [0.2, 0.25) is 0 Å². The number of amides is 1. The summed E-state index contributed by atoms with van der Waals surface area (Å²) in [5.74, 6) is -0.326. The number of hydrogen-bond acceptors (Lipinski definition) is 3. The van der Waals surface area contributed by atoms with Crippen LogP contribution in [0.4, 0.5) is 5.69 Å². The van der Waals surface area contributed by atoms with E-state index < -0.39 is 5.41 Å². The molecule has 0 aliphatic carbocycles. The van der Waals surface area contributed by atoms with Gasteiger partial charge in [-0.05, 0) is 26.0 Å². The molecule has 0 aromatic carbocycles. The molecule has 4 heteroatoms. The molecule has 1 aromatic rings. The van der Waals surface area contributed by atoms with Crippen molar-refractivity contribution in [3.8, 4) is 6.07 Å². The van der Waals surface area contributed by atoms with E-state index in [2.05, 4.69) is 10.3 Å². The summed E-state index contributed by atoms with van der Waals surface area (Å²) >= 11 is 0. The summed E-state index contributed by atoms with van der Waals surface area (Å²) < 4.78 is 0. The van der Waals surface area contributed by atoms with Crippen LogP contribution in [-0.2, 0) is 4.79 Å². The summed E-state index contributed by atoms with van der Waals surface area (Å²) in [5, 5.41) is 11.3. The van der Waals surface area contributed by atoms with Crippen molar-refractivity contribution < 1.29 is 4.79 Å². The molecular weight excluding hydrogens is 178 g/mol. The number of nitrogens with zero attached hydrogens (tertiary/aromatic N) is 2. The Balaban J connectivity index is 2.73. The molecule has 1 amide bonds. The fourth-order valence-electron chi connectivity index (χ4n) is 0.775. The lowest BCUT2D eigenvalue weighted by atomic mass is 9.95. The van der Waals surface area contributed by atoms with Gasteiger partial charge in [0.1, 0.15) is 5.41 Å². The van der Waals surface area contributed by atoms with Gasteiger partial charge in [0.05, 0.1) is 18.0 Å². The highest BCUT2D eigenvalue weighted by Crippen LogP contribution is 2.16. The molecule has 1 N–H and O–H groups in total. The van der Waals surface area contributed by atoms with E-state index in [1.54, 1.807) is 32.2 Å². The minimum atomic E-state index is -1.02. The lowest BCUT2D eigenvalue weighted by Crippen LogP contribution is -2.29. The molecule has 0 radical (unpaired) electrons. The number of carbonyl (C=O) groups is 1. The predicted octanol–water partition coefficient (Wildman–Crippen LogP) is 1.57. The Morgan fingerprint density at radius 1 is 1.64 bits per heavy atom. The predicted molar refractivity (Wildman–Crippen MR) is 52.3 cm³/mol. The van der Waals surface area contributed by atoms with Crippen LogP contribution in [0.5, 0.6) is 0 Å². The summed E-state index contributed by atoms with van der Waals surface area (Å²) in [6.07, 6.45) is 3.15. The summed E-state index contributed by atoms with van der Waals surface area (Å²) in [4.78, 5) is 15.4. The van der Waals surface area contributed by atoms with Crippen LogP contribution in [0.15, 0.2) is 24.5 Å². The average Bonchev–Trinajstić information content (AvgIpc) is 2.19. The van der Waals surface area contributed by atoms with Crippen molar-refractivity contribution in [2.24, 2.45) is 5.41 Å². The Morgan fingerprint density at radius 2 is 2.36 bits per heavy atom. The minimum Gasteiger partial charge on any atom is -0.323 e. The van der Waals surface area contributed by atoms with Gasteiger partial charge in [-0.1, -0.05) is 0 Å². The molecule has 14 heavy (non-hydrogen) atoms. The second-order valence-corrected chi connectivity index (χ2v) is 3.43. The lowest BCUT2D eigenvalue weighted by molar-refractivity contribution is -0.121. The van der Waals surface area contributed by atoms with Gasteiger partial charge < -0.3 is 5.32 Å². The van der Waals surface area contributed by atoms with E-state index in [1.807, 2.05) is 6.07 Å². The van der Waals surface area contributed by atoms with Crippen LogP contribution in [0, 0.1) is 16.7 Å². The van der Waals surface area contributed by atoms with Gasteiger partial charge >= 0.3 is 0 Å². The summed E-state index contributed by atoms with van der Waals surface area (Å²) in [7, 11) is 0. The van der Waals surface area contributed by atoms with E-state index >= 15 is 0 Å². The number of nitriles is 1. The van der Waals surface area contributed by atoms with Gasteiger partial charge in [-0.15, -0.1) is 0 Å². The fourth-order valence-corrected chi connectivity index (χ4v) is 0.775. The Kier molecular flexibility index (Phi) is 2.82. The third-order valence-corrected chi connectivity index (χ3v) is 1.77. The maximum atomic E-state index is 11.5. The quantitative estimate of drug-likeness (QED) is 0.767. The van der Waals surface area contributed by atoms with Crippen LogP contribution in [-0.4, -0.2) is 10.9 Å². The molecule has 72 valence electrons. The second-order valence-electron chi connectivity index (χ2n) is 3.43. The number of anilines is 1. The highest BCUT2D eigenvalue weighted by atomic mass is 16.2. The lowest BCUT2D eigenvalue weighted by Gasteiger charge is -2.14. The molecule has 1 heterocycles. The van der Waals surface area contributed by atoms with E-state index in [1.165, 1.54) is 6.20 Å². The average molecular weight is 189 g/mol. The van der Waals surface area contributed by atoms with Crippen molar-refractivity contribution >= 4 is 11.6 Å². The maximum absolute atomic E-state index is 11.5. The normalized spacial score (nSPS) is 10.4. The van der Waals surface area contributed by atoms with Crippen molar-refractivity contribution in [2.45, 2.75) is 13.8 Å². The number of rotatable bonds is 2. The van der Waals surface area contributed by atoms with Gasteiger partial charge in [0, 0.05) is 6.20 Å². The number of nitrogens with one attached hydrogen (secondary N) is 1. The highest BCUT2D eigenvalue weighted by molar-refractivity contribution is 5.96. The number of hydrogen-bond donors (Lipinski definition) is 1. The van der Waals surface area contributed by atoms with Crippen molar-refractivity contribution in [3.05, 3.63) is 24.5 Å². The smallest absolute Gasteiger partial charge is 0.244 e. The van der Waals surface area contributed by atoms with Gasteiger partial charge in [0.15, 0.2) is 0 Å². The van der Waals surface area contributed by atoms with Gasteiger partial charge in [-0.3, -0.25) is 9.78 Å². The topological polar surface area (TPSA) is 65.8 Å². The molecule has 0 saturated heterocycles. The molecule has 0 aliphatic rings. The van der Waals surface area contributed by atoms with Crippen LogP contribution in [0.3, 0.4) is 0 Å². The van der Waals surface area contributed by atoms with Crippen molar-refractivity contribution in [1.82, 2.24) is 4.98 Å². The van der Waals surface area contributed by atoms with Gasteiger partial charge in [-0.25, -0.2) is 0 Å². The molecule has 4 nitrogen and oxygen atoms in total. The molecule has 1 rings (SSSR count). The third kappa shape index (κ3) is 2.30. The first-order valence-electron chi connectivity index (χ1n) is 4.19. The van der Waals surface area contributed by atoms with Crippen LogP contribution in [0.25, 0.3) is 0 Å². The Labute approximate surface area is 82.6 Å². The fraction of sp³-hybridized carbons (Fsp3) is 0.300. The maximum Gasteiger partial charge on any atom is 0.244 e. The molecule has 0 unspecified atom stereocenters. The van der Waals surface area contributed by atoms with E-state index in [9.17, 15) is 4.79 Å². The summed E-state index contributed by atoms with van der Waals surface area (Å²) in [6, 6.07) is 5.37. The third-order valence-electron chi connectivity index (χ3n) is 1.77. The van der Waals surface area contributed by atoms with Gasteiger partial charge in [0.25, 0.3) is 0 Å². The second kappa shape index (κ2) is 3.88. The molecule has 0 aliphatic heterocycles. The SMILES string of the molecule is CC(C)(C#N)C(=O)Nc1cccnc1. The van der Waals surface area contributed by atoms with E-state index in [0.717, 1.165) is 0 Å². The standard InChI is InChI=1S/C10H11N3O/c1-10(2,7-11)9(14)13-8-4-3-5-12-6-8/h3-6H,1-2H3,(H,13,14). The Morgan fingerprint density at radius 3 is 2.86 bits per heavy atom.